The van der Waals surface area contributed by atoms with Gasteiger partial charge in [-0.2, -0.15) is 0 Å². The molecule has 8 heteroatoms. The van der Waals surface area contributed by atoms with Crippen molar-refractivity contribution in [3.05, 3.63) is 48.5 Å². The average molecular weight is 429 g/mol. The molecule has 2 rings (SSSR count). The van der Waals surface area contributed by atoms with Crippen molar-refractivity contribution in [2.75, 3.05) is 0 Å². The van der Waals surface area contributed by atoms with E-state index < -0.39 is 10.0 Å². The van der Waals surface area contributed by atoms with E-state index in [1.165, 1.54) is 12.1 Å². The molecule has 1 N–H and O–H groups in total. The van der Waals surface area contributed by atoms with E-state index in [4.69, 9.17) is 23.2 Å². The van der Waals surface area contributed by atoms with Crippen molar-refractivity contribution < 1.29 is 8.42 Å². The molecule has 0 aliphatic carbocycles. The molecule has 1 atom stereocenters. The summed E-state index contributed by atoms with van der Waals surface area (Å²) in [6.07, 6.45) is 0. The number of sulfonamides is 1. The summed E-state index contributed by atoms with van der Waals surface area (Å²) in [7, 11) is -3.80. The molecule has 1 unspecified atom stereocenters. The standard InChI is InChI=1S/C13H12BrCl2NO2S2/c1-7-3-4-12(20-7)8(2)17-21(18,19)13-10(15)5-9(14)6-11(13)16/h3-6,8,17H,1-2H3. The van der Waals surface area contributed by atoms with Crippen LogP contribution in [0.15, 0.2) is 33.6 Å². The second kappa shape index (κ2) is 6.56. The number of halogens is 3. The molecule has 1 aromatic heterocycles. The molecule has 114 valence electrons. The summed E-state index contributed by atoms with van der Waals surface area (Å²) in [4.78, 5) is 1.95. The molecule has 21 heavy (non-hydrogen) atoms. The third-order valence-electron chi connectivity index (χ3n) is 2.75. The van der Waals surface area contributed by atoms with E-state index in [0.29, 0.717) is 4.47 Å². The van der Waals surface area contributed by atoms with Gasteiger partial charge in [-0.1, -0.05) is 39.1 Å². The number of benzene rings is 1. The van der Waals surface area contributed by atoms with Gasteiger partial charge in [-0.05, 0) is 38.1 Å². The Balaban J connectivity index is 2.35. The second-order valence-corrected chi connectivity index (χ2v) is 9.19. The predicted octanol–water partition coefficient (Wildman–Crippen LogP) is 5.17. The molecular weight excluding hydrogens is 417 g/mol. The first-order valence-corrected chi connectivity index (χ1v) is 9.79. The maximum atomic E-state index is 12.5. The molecule has 0 bridgehead atoms. The van der Waals surface area contributed by atoms with Crippen molar-refractivity contribution in [3.8, 4) is 0 Å². The Labute approximate surface area is 146 Å². The Morgan fingerprint density at radius 1 is 1.24 bits per heavy atom. The van der Waals surface area contributed by atoms with Gasteiger partial charge < -0.3 is 0 Å². The van der Waals surface area contributed by atoms with E-state index >= 15 is 0 Å². The predicted molar refractivity (Wildman–Crippen MR) is 92.0 cm³/mol. The molecule has 0 saturated carbocycles. The van der Waals surface area contributed by atoms with Crippen LogP contribution in [0.4, 0.5) is 0 Å². The number of hydrogen-bond donors (Lipinski definition) is 1. The third kappa shape index (κ3) is 4.00. The topological polar surface area (TPSA) is 46.2 Å². The van der Waals surface area contributed by atoms with E-state index in [2.05, 4.69) is 20.7 Å². The van der Waals surface area contributed by atoms with E-state index in [1.807, 2.05) is 19.1 Å². The minimum Gasteiger partial charge on any atom is -0.207 e. The van der Waals surface area contributed by atoms with Gasteiger partial charge in [0, 0.05) is 14.2 Å². The third-order valence-corrected chi connectivity index (χ3v) is 6.85. The van der Waals surface area contributed by atoms with Crippen molar-refractivity contribution in [3.63, 3.8) is 0 Å². The van der Waals surface area contributed by atoms with E-state index in [1.54, 1.807) is 18.3 Å². The first-order chi connectivity index (χ1) is 9.70. The Morgan fingerprint density at radius 2 is 1.81 bits per heavy atom. The van der Waals surface area contributed by atoms with Crippen LogP contribution in [0, 0.1) is 6.92 Å². The molecule has 0 saturated heterocycles. The SMILES string of the molecule is Cc1ccc(C(C)NS(=O)(=O)c2c(Cl)cc(Br)cc2Cl)s1. The fourth-order valence-corrected chi connectivity index (χ4v) is 5.94. The second-order valence-electron chi connectivity index (χ2n) is 4.49. The highest BCUT2D eigenvalue weighted by Crippen LogP contribution is 2.34. The van der Waals surface area contributed by atoms with Crippen LogP contribution < -0.4 is 4.72 Å². The Kier molecular flexibility index (Phi) is 5.39. The average Bonchev–Trinajstić information content (AvgIpc) is 2.73. The summed E-state index contributed by atoms with van der Waals surface area (Å²) in [5.41, 5.74) is 0. The smallest absolute Gasteiger partial charge is 0.207 e. The van der Waals surface area contributed by atoms with Crippen LogP contribution in [0.5, 0.6) is 0 Å². The molecule has 3 nitrogen and oxygen atoms in total. The highest BCUT2D eigenvalue weighted by atomic mass is 79.9. The lowest BCUT2D eigenvalue weighted by Crippen LogP contribution is -2.27. The Hall–Kier alpha value is -0.110. The minimum absolute atomic E-state index is 0.0800. The lowest BCUT2D eigenvalue weighted by Gasteiger charge is -2.15. The van der Waals surface area contributed by atoms with Crippen LogP contribution in [0.2, 0.25) is 10.0 Å². The summed E-state index contributed by atoms with van der Waals surface area (Å²) in [5, 5.41) is 0.160. The van der Waals surface area contributed by atoms with Gasteiger partial charge in [-0.3, -0.25) is 0 Å². The molecule has 1 aromatic carbocycles. The van der Waals surface area contributed by atoms with Crippen LogP contribution in [0.25, 0.3) is 0 Å². The summed E-state index contributed by atoms with van der Waals surface area (Å²) in [5.74, 6) is 0. The largest absolute Gasteiger partial charge is 0.244 e. The number of hydrogen-bond acceptors (Lipinski definition) is 3. The Morgan fingerprint density at radius 3 is 2.29 bits per heavy atom. The molecular formula is C13H12BrCl2NO2S2. The summed E-state index contributed by atoms with van der Waals surface area (Å²) >= 11 is 16.8. The monoisotopic (exact) mass is 427 g/mol. The van der Waals surface area contributed by atoms with Gasteiger partial charge in [-0.25, -0.2) is 13.1 Å². The van der Waals surface area contributed by atoms with Crippen LogP contribution in [-0.4, -0.2) is 8.42 Å². The lowest BCUT2D eigenvalue weighted by atomic mass is 10.3. The first-order valence-electron chi connectivity index (χ1n) is 5.94. The summed E-state index contributed by atoms with van der Waals surface area (Å²) < 4.78 is 28.2. The summed E-state index contributed by atoms with van der Waals surface area (Å²) in [6.45, 7) is 3.75. The van der Waals surface area contributed by atoms with Crippen molar-refractivity contribution in [2.45, 2.75) is 24.8 Å². The Bertz CT molecular complexity index is 751. The quantitative estimate of drug-likeness (QED) is 0.730. The van der Waals surface area contributed by atoms with Crippen molar-refractivity contribution >= 4 is 60.5 Å². The van der Waals surface area contributed by atoms with Crippen molar-refractivity contribution in [1.29, 1.82) is 0 Å². The maximum absolute atomic E-state index is 12.5. The molecule has 0 radical (unpaired) electrons. The van der Waals surface area contributed by atoms with Gasteiger partial charge in [0.25, 0.3) is 0 Å². The molecule has 0 amide bonds. The zero-order chi connectivity index (χ0) is 15.8. The van der Waals surface area contributed by atoms with Gasteiger partial charge in [0.05, 0.1) is 16.1 Å². The molecule has 1 heterocycles. The molecule has 0 spiro atoms. The lowest BCUT2D eigenvalue weighted by molar-refractivity contribution is 0.568. The molecule has 0 fully saturated rings. The van der Waals surface area contributed by atoms with Gasteiger partial charge in [0.2, 0.25) is 10.0 Å². The first kappa shape index (κ1) is 17.2. The highest BCUT2D eigenvalue weighted by Gasteiger charge is 2.25. The number of thiophene rings is 1. The molecule has 2 aromatic rings. The normalized spacial score (nSPS) is 13.4. The van der Waals surface area contributed by atoms with Crippen LogP contribution in [0.3, 0.4) is 0 Å². The molecule has 0 aliphatic heterocycles. The van der Waals surface area contributed by atoms with Crippen molar-refractivity contribution in [1.82, 2.24) is 4.72 Å². The van der Waals surface area contributed by atoms with Gasteiger partial charge in [0.15, 0.2) is 0 Å². The zero-order valence-electron chi connectivity index (χ0n) is 11.2. The van der Waals surface area contributed by atoms with Gasteiger partial charge in [-0.15, -0.1) is 11.3 Å². The number of nitrogens with one attached hydrogen (secondary N) is 1. The zero-order valence-corrected chi connectivity index (χ0v) is 15.9. The fourth-order valence-electron chi connectivity index (χ4n) is 1.82. The van der Waals surface area contributed by atoms with Crippen molar-refractivity contribution in [2.24, 2.45) is 0 Å². The van der Waals surface area contributed by atoms with Crippen LogP contribution in [-0.2, 0) is 10.0 Å². The maximum Gasteiger partial charge on any atom is 0.244 e. The van der Waals surface area contributed by atoms with E-state index in [-0.39, 0.29) is 21.0 Å². The highest BCUT2D eigenvalue weighted by molar-refractivity contribution is 9.10. The van der Waals surface area contributed by atoms with Crippen LogP contribution in [0.1, 0.15) is 22.7 Å². The van der Waals surface area contributed by atoms with Gasteiger partial charge >= 0.3 is 0 Å². The van der Waals surface area contributed by atoms with Gasteiger partial charge in [0.1, 0.15) is 4.90 Å². The minimum atomic E-state index is -3.80. The van der Waals surface area contributed by atoms with E-state index in [0.717, 1.165) is 9.75 Å². The molecule has 0 aliphatic rings. The number of aryl methyl sites for hydroxylation is 1. The number of rotatable bonds is 4. The van der Waals surface area contributed by atoms with Crippen LogP contribution >= 0.6 is 50.5 Å². The fraction of sp³-hybridized carbons (Fsp3) is 0.231. The van der Waals surface area contributed by atoms with E-state index in [9.17, 15) is 8.42 Å². The summed E-state index contributed by atoms with van der Waals surface area (Å²) in [6, 6.07) is 6.50.